The first-order valence-corrected chi connectivity index (χ1v) is 12.6. The normalized spacial score (nSPS) is 18.1. The molecule has 3 amide bonds. The summed E-state index contributed by atoms with van der Waals surface area (Å²) in [6, 6.07) is 6.25. The third kappa shape index (κ3) is 4.89. The number of pyridine rings is 1. The van der Waals surface area contributed by atoms with Crippen LogP contribution in [0.3, 0.4) is 0 Å². The lowest BCUT2D eigenvalue weighted by atomic mass is 10.2. The van der Waals surface area contributed by atoms with E-state index in [1.54, 1.807) is 46.5 Å². The molecule has 0 radical (unpaired) electrons. The van der Waals surface area contributed by atoms with Crippen LogP contribution in [0.1, 0.15) is 29.6 Å². The number of carbonyl (C=O) groups excluding carboxylic acids is 2. The summed E-state index contributed by atoms with van der Waals surface area (Å²) in [5, 5.41) is 3.31. The molecule has 0 aromatic carbocycles. The molecule has 2 saturated heterocycles. The monoisotopic (exact) mass is 463 g/mol. The summed E-state index contributed by atoms with van der Waals surface area (Å²) in [7, 11) is -3.49. The maximum absolute atomic E-state index is 12.7. The zero-order valence-corrected chi connectivity index (χ0v) is 18.7. The average Bonchev–Trinajstić information content (AvgIpc) is 3.43. The molecule has 0 saturated carbocycles. The first-order valence-electron chi connectivity index (χ1n) is 10.3. The van der Waals surface area contributed by atoms with Gasteiger partial charge in [0.15, 0.2) is 0 Å². The van der Waals surface area contributed by atoms with Gasteiger partial charge in [0.25, 0.3) is 15.9 Å². The van der Waals surface area contributed by atoms with Gasteiger partial charge in [-0.05, 0) is 43.5 Å². The largest absolute Gasteiger partial charge is 0.337 e. The topological polar surface area (TPSA) is 103 Å². The standard InChI is InChI=1S/C20H25N5O4S2/c26-19(16-6-8-21-9-7-16)23-10-3-11-24(15-14-23)20(27)22-17-4-5-18(30-17)31(28,29)25-12-1-2-13-25/h4-9H,1-3,10-15H2,(H,22,27). The van der Waals surface area contributed by atoms with Crippen molar-refractivity contribution in [3.05, 3.63) is 42.2 Å². The zero-order valence-electron chi connectivity index (χ0n) is 17.1. The first-order chi connectivity index (χ1) is 14.9. The van der Waals surface area contributed by atoms with Gasteiger partial charge in [-0.1, -0.05) is 0 Å². The van der Waals surface area contributed by atoms with E-state index in [9.17, 15) is 18.0 Å². The molecule has 4 heterocycles. The summed E-state index contributed by atoms with van der Waals surface area (Å²) in [6.07, 6.45) is 5.60. The van der Waals surface area contributed by atoms with Gasteiger partial charge in [0.1, 0.15) is 4.21 Å². The van der Waals surface area contributed by atoms with Crippen LogP contribution in [0, 0.1) is 0 Å². The van der Waals surface area contributed by atoms with Gasteiger partial charge >= 0.3 is 6.03 Å². The number of anilines is 1. The predicted molar refractivity (Wildman–Crippen MR) is 118 cm³/mol. The average molecular weight is 464 g/mol. The molecule has 166 valence electrons. The van der Waals surface area contributed by atoms with E-state index in [1.807, 2.05) is 0 Å². The molecule has 2 aromatic rings. The second-order valence-corrected chi connectivity index (χ2v) is 10.8. The quantitative estimate of drug-likeness (QED) is 0.750. The van der Waals surface area contributed by atoms with Crippen LogP contribution in [0.2, 0.25) is 0 Å². The van der Waals surface area contributed by atoms with Crippen LogP contribution < -0.4 is 5.32 Å². The highest BCUT2D eigenvalue weighted by molar-refractivity contribution is 7.91. The van der Waals surface area contributed by atoms with Crippen LogP contribution in [-0.4, -0.2) is 78.7 Å². The van der Waals surface area contributed by atoms with Crippen molar-refractivity contribution >= 4 is 38.3 Å². The highest BCUT2D eigenvalue weighted by atomic mass is 32.2. The van der Waals surface area contributed by atoms with Gasteiger partial charge in [-0.3, -0.25) is 15.1 Å². The molecular weight excluding hydrogens is 438 g/mol. The lowest BCUT2D eigenvalue weighted by Crippen LogP contribution is -2.39. The summed E-state index contributed by atoms with van der Waals surface area (Å²) in [4.78, 5) is 32.7. The Morgan fingerprint density at radius 2 is 1.55 bits per heavy atom. The van der Waals surface area contributed by atoms with Gasteiger partial charge in [0.05, 0.1) is 5.00 Å². The molecule has 2 fully saturated rings. The molecule has 2 aliphatic rings. The highest BCUT2D eigenvalue weighted by Crippen LogP contribution is 2.30. The van der Waals surface area contributed by atoms with Crippen LogP contribution in [0.4, 0.5) is 9.80 Å². The van der Waals surface area contributed by atoms with Crippen LogP contribution in [0.15, 0.2) is 40.9 Å². The fourth-order valence-electron chi connectivity index (χ4n) is 3.77. The minimum Gasteiger partial charge on any atom is -0.337 e. The molecule has 2 aliphatic heterocycles. The summed E-state index contributed by atoms with van der Waals surface area (Å²) in [5.74, 6) is -0.0697. The number of rotatable bonds is 4. The third-order valence-electron chi connectivity index (χ3n) is 5.47. The first kappa shape index (κ1) is 21.7. The Labute approximate surface area is 185 Å². The number of amides is 3. The maximum Gasteiger partial charge on any atom is 0.322 e. The van der Waals surface area contributed by atoms with Crippen molar-refractivity contribution in [2.24, 2.45) is 0 Å². The summed E-state index contributed by atoms with van der Waals surface area (Å²) >= 11 is 1.07. The zero-order chi connectivity index (χ0) is 21.8. The Balaban J connectivity index is 1.35. The maximum atomic E-state index is 12.7. The van der Waals surface area contributed by atoms with E-state index in [1.165, 1.54) is 4.31 Å². The molecule has 11 heteroatoms. The van der Waals surface area contributed by atoms with Crippen LogP contribution in [-0.2, 0) is 10.0 Å². The fourth-order valence-corrected chi connectivity index (χ4v) is 6.63. The fraction of sp³-hybridized carbons (Fsp3) is 0.450. The number of thiophene rings is 1. The molecular formula is C20H25N5O4S2. The number of hydrogen-bond acceptors (Lipinski definition) is 6. The molecule has 0 atom stereocenters. The van der Waals surface area contributed by atoms with Gasteiger partial charge in [0.2, 0.25) is 0 Å². The van der Waals surface area contributed by atoms with Crippen LogP contribution >= 0.6 is 11.3 Å². The van der Waals surface area contributed by atoms with Gasteiger partial charge in [-0.25, -0.2) is 13.2 Å². The minimum atomic E-state index is -3.49. The van der Waals surface area contributed by atoms with E-state index in [0.29, 0.717) is 56.3 Å². The molecule has 31 heavy (non-hydrogen) atoms. The number of hydrogen-bond donors (Lipinski definition) is 1. The van der Waals surface area contributed by atoms with E-state index < -0.39 is 10.0 Å². The number of sulfonamides is 1. The Kier molecular flexibility index (Phi) is 6.54. The van der Waals surface area contributed by atoms with Crippen molar-refractivity contribution in [2.45, 2.75) is 23.5 Å². The van der Waals surface area contributed by atoms with Gasteiger partial charge in [0, 0.05) is 57.2 Å². The molecule has 0 spiro atoms. The van der Waals surface area contributed by atoms with Crippen molar-refractivity contribution in [3.8, 4) is 0 Å². The van der Waals surface area contributed by atoms with E-state index in [4.69, 9.17) is 0 Å². The van der Waals surface area contributed by atoms with E-state index in [0.717, 1.165) is 24.2 Å². The number of aromatic nitrogens is 1. The summed E-state index contributed by atoms with van der Waals surface area (Å²) in [6.45, 7) is 3.04. The lowest BCUT2D eigenvalue weighted by molar-refractivity contribution is 0.0762. The number of nitrogens with one attached hydrogen (secondary N) is 1. The second kappa shape index (κ2) is 9.33. The predicted octanol–water partition coefficient (Wildman–Crippen LogP) is 2.31. The van der Waals surface area contributed by atoms with E-state index in [2.05, 4.69) is 10.3 Å². The molecule has 0 aliphatic carbocycles. The van der Waals surface area contributed by atoms with Gasteiger partial charge in [-0.15, -0.1) is 11.3 Å². The molecule has 2 aromatic heterocycles. The molecule has 4 rings (SSSR count). The third-order valence-corrected chi connectivity index (χ3v) is 8.83. The SMILES string of the molecule is O=C(Nc1ccc(S(=O)(=O)N2CCCC2)s1)N1CCCN(C(=O)c2ccncc2)CC1. The number of urea groups is 1. The molecule has 1 N–H and O–H groups in total. The van der Waals surface area contributed by atoms with E-state index >= 15 is 0 Å². The van der Waals surface area contributed by atoms with E-state index in [-0.39, 0.29) is 16.1 Å². The second-order valence-electron chi connectivity index (χ2n) is 7.53. The van der Waals surface area contributed by atoms with Gasteiger partial charge < -0.3 is 9.80 Å². The minimum absolute atomic E-state index is 0.0697. The molecule has 9 nitrogen and oxygen atoms in total. The molecule has 0 bridgehead atoms. The van der Waals surface area contributed by atoms with Crippen molar-refractivity contribution in [1.82, 2.24) is 19.1 Å². The van der Waals surface area contributed by atoms with Crippen LogP contribution in [0.5, 0.6) is 0 Å². The Hall–Kier alpha value is -2.50. The van der Waals surface area contributed by atoms with Crippen molar-refractivity contribution in [1.29, 1.82) is 0 Å². The highest BCUT2D eigenvalue weighted by Gasteiger charge is 2.29. The summed E-state index contributed by atoms with van der Waals surface area (Å²) in [5.41, 5.74) is 0.582. The van der Waals surface area contributed by atoms with Crippen LogP contribution in [0.25, 0.3) is 0 Å². The van der Waals surface area contributed by atoms with Gasteiger partial charge in [-0.2, -0.15) is 4.31 Å². The number of nitrogens with zero attached hydrogens (tertiary/aromatic N) is 4. The Morgan fingerprint density at radius 3 is 2.29 bits per heavy atom. The van der Waals surface area contributed by atoms with Crippen molar-refractivity contribution < 1.29 is 18.0 Å². The van der Waals surface area contributed by atoms with Crippen molar-refractivity contribution in [2.75, 3.05) is 44.6 Å². The number of carbonyl (C=O) groups is 2. The Bertz CT molecular complexity index is 1030. The van der Waals surface area contributed by atoms with Crippen molar-refractivity contribution in [3.63, 3.8) is 0 Å². The molecule has 0 unspecified atom stereocenters. The smallest absolute Gasteiger partial charge is 0.322 e. The summed E-state index contributed by atoms with van der Waals surface area (Å²) < 4.78 is 27.1. The lowest BCUT2D eigenvalue weighted by Gasteiger charge is -2.22. The Morgan fingerprint density at radius 1 is 0.871 bits per heavy atom.